The van der Waals surface area contributed by atoms with Gasteiger partial charge in [-0.3, -0.25) is 19.5 Å². The summed E-state index contributed by atoms with van der Waals surface area (Å²) < 4.78 is 0. The number of guanidine groups is 1. The second kappa shape index (κ2) is 8.55. The molecule has 6 heteroatoms. The summed E-state index contributed by atoms with van der Waals surface area (Å²) in [6.07, 6.45) is 3.90. The molecular formula is C14H26N4O2. The molecule has 1 aliphatic rings. The fourth-order valence-corrected chi connectivity index (χ4v) is 2.21. The van der Waals surface area contributed by atoms with Gasteiger partial charge in [-0.2, -0.15) is 0 Å². The lowest BCUT2D eigenvalue weighted by Gasteiger charge is -2.26. The quantitative estimate of drug-likeness (QED) is 0.445. The molecule has 0 aliphatic carbocycles. The second-order valence-corrected chi connectivity index (χ2v) is 5.04. The summed E-state index contributed by atoms with van der Waals surface area (Å²) in [6.45, 7) is 4.05. The largest absolute Gasteiger partial charge is 0.354 e. The normalized spacial score (nSPS) is 16.6. The molecule has 0 aromatic carbocycles. The smallest absolute Gasteiger partial charge is 0.229 e. The van der Waals surface area contributed by atoms with E-state index >= 15 is 0 Å². The van der Waals surface area contributed by atoms with Crippen LogP contribution in [-0.2, 0) is 9.59 Å². The third-order valence-electron chi connectivity index (χ3n) is 3.42. The predicted octanol–water partition coefficient (Wildman–Crippen LogP) is 0.833. The number of hydrogen-bond donors (Lipinski definition) is 1. The SMILES string of the molecule is CCCCN(C)C(=NC)NCCN1C(=O)CCCC1=O. The van der Waals surface area contributed by atoms with Crippen LogP contribution in [0.25, 0.3) is 0 Å². The molecule has 0 spiro atoms. The van der Waals surface area contributed by atoms with Crippen molar-refractivity contribution in [2.45, 2.75) is 39.0 Å². The maximum Gasteiger partial charge on any atom is 0.229 e. The Morgan fingerprint density at radius 1 is 1.35 bits per heavy atom. The first kappa shape index (κ1) is 16.5. The summed E-state index contributed by atoms with van der Waals surface area (Å²) in [5, 5.41) is 3.20. The van der Waals surface area contributed by atoms with E-state index in [0.717, 1.165) is 25.3 Å². The highest BCUT2D eigenvalue weighted by atomic mass is 16.2. The maximum atomic E-state index is 11.7. The first-order valence-electron chi connectivity index (χ1n) is 7.35. The number of nitrogens with zero attached hydrogens (tertiary/aromatic N) is 3. The predicted molar refractivity (Wildman–Crippen MR) is 79.5 cm³/mol. The van der Waals surface area contributed by atoms with Crippen molar-refractivity contribution in [1.29, 1.82) is 0 Å². The van der Waals surface area contributed by atoms with Crippen LogP contribution in [0.3, 0.4) is 0 Å². The van der Waals surface area contributed by atoms with E-state index in [1.807, 2.05) is 7.05 Å². The van der Waals surface area contributed by atoms with Gasteiger partial charge in [0.2, 0.25) is 11.8 Å². The van der Waals surface area contributed by atoms with Crippen LogP contribution >= 0.6 is 0 Å². The molecule has 0 aromatic heterocycles. The summed E-state index contributed by atoms with van der Waals surface area (Å²) in [4.78, 5) is 30.9. The van der Waals surface area contributed by atoms with Crippen molar-refractivity contribution in [1.82, 2.24) is 15.1 Å². The summed E-state index contributed by atoms with van der Waals surface area (Å²) in [6, 6.07) is 0. The highest BCUT2D eigenvalue weighted by molar-refractivity contribution is 5.97. The molecule has 1 rings (SSSR count). The fourth-order valence-electron chi connectivity index (χ4n) is 2.21. The molecule has 0 radical (unpaired) electrons. The number of imide groups is 1. The number of amides is 2. The Kier molecular flexibility index (Phi) is 7.04. The van der Waals surface area contributed by atoms with Gasteiger partial charge in [0, 0.05) is 46.6 Å². The minimum Gasteiger partial charge on any atom is -0.354 e. The van der Waals surface area contributed by atoms with Crippen LogP contribution in [0.5, 0.6) is 0 Å². The van der Waals surface area contributed by atoms with Crippen LogP contribution < -0.4 is 5.32 Å². The lowest BCUT2D eigenvalue weighted by molar-refractivity contribution is -0.147. The van der Waals surface area contributed by atoms with Gasteiger partial charge in [-0.1, -0.05) is 13.3 Å². The fraction of sp³-hybridized carbons (Fsp3) is 0.786. The summed E-state index contributed by atoms with van der Waals surface area (Å²) >= 11 is 0. The monoisotopic (exact) mass is 282 g/mol. The minimum atomic E-state index is -0.0580. The van der Waals surface area contributed by atoms with E-state index in [-0.39, 0.29) is 11.8 Å². The summed E-state index contributed by atoms with van der Waals surface area (Å²) in [7, 11) is 3.73. The molecule has 0 atom stereocenters. The average molecular weight is 282 g/mol. The Balaban J connectivity index is 2.37. The molecule has 1 heterocycles. The Morgan fingerprint density at radius 2 is 2.00 bits per heavy atom. The zero-order valence-corrected chi connectivity index (χ0v) is 12.8. The van der Waals surface area contributed by atoms with Gasteiger partial charge in [0.15, 0.2) is 5.96 Å². The zero-order chi connectivity index (χ0) is 15.0. The van der Waals surface area contributed by atoms with Gasteiger partial charge in [0.05, 0.1) is 0 Å². The van der Waals surface area contributed by atoms with Gasteiger partial charge in [-0.15, -0.1) is 0 Å². The Bertz CT molecular complexity index is 352. The highest BCUT2D eigenvalue weighted by Crippen LogP contribution is 2.11. The molecule has 2 amide bonds. The minimum absolute atomic E-state index is 0.0580. The molecule has 0 unspecified atom stereocenters. The molecule has 114 valence electrons. The van der Waals surface area contributed by atoms with Crippen LogP contribution in [0.4, 0.5) is 0 Å². The van der Waals surface area contributed by atoms with Crippen LogP contribution in [0.15, 0.2) is 4.99 Å². The highest BCUT2D eigenvalue weighted by Gasteiger charge is 2.25. The van der Waals surface area contributed by atoms with Gasteiger partial charge < -0.3 is 10.2 Å². The molecule has 6 nitrogen and oxygen atoms in total. The van der Waals surface area contributed by atoms with Crippen molar-refractivity contribution >= 4 is 17.8 Å². The molecule has 0 saturated carbocycles. The van der Waals surface area contributed by atoms with E-state index in [0.29, 0.717) is 32.4 Å². The summed E-state index contributed by atoms with van der Waals surface area (Å²) in [5.41, 5.74) is 0. The molecule has 1 aliphatic heterocycles. The first-order chi connectivity index (χ1) is 9.60. The zero-order valence-electron chi connectivity index (χ0n) is 12.8. The van der Waals surface area contributed by atoms with Crippen LogP contribution in [0.1, 0.15) is 39.0 Å². The van der Waals surface area contributed by atoms with Gasteiger partial charge >= 0.3 is 0 Å². The third kappa shape index (κ3) is 4.83. The van der Waals surface area contributed by atoms with Crippen LogP contribution in [-0.4, -0.2) is 61.3 Å². The van der Waals surface area contributed by atoms with Crippen molar-refractivity contribution in [3.8, 4) is 0 Å². The van der Waals surface area contributed by atoms with Gasteiger partial charge in [0.1, 0.15) is 0 Å². The van der Waals surface area contributed by atoms with Gasteiger partial charge in [-0.25, -0.2) is 0 Å². The molecule has 0 aromatic rings. The number of carbonyl (C=O) groups is 2. The number of piperidine rings is 1. The van der Waals surface area contributed by atoms with Crippen LogP contribution in [0, 0.1) is 0 Å². The molecule has 1 N–H and O–H groups in total. The van der Waals surface area contributed by atoms with E-state index in [2.05, 4.69) is 22.1 Å². The van der Waals surface area contributed by atoms with Crippen molar-refractivity contribution in [2.24, 2.45) is 4.99 Å². The molecular weight excluding hydrogens is 256 g/mol. The van der Waals surface area contributed by atoms with E-state index in [1.54, 1.807) is 7.05 Å². The molecule has 20 heavy (non-hydrogen) atoms. The second-order valence-electron chi connectivity index (χ2n) is 5.04. The number of hydrogen-bond acceptors (Lipinski definition) is 3. The van der Waals surface area contributed by atoms with Crippen molar-refractivity contribution < 1.29 is 9.59 Å². The van der Waals surface area contributed by atoms with Crippen molar-refractivity contribution in [3.63, 3.8) is 0 Å². The topological polar surface area (TPSA) is 65.0 Å². The lowest BCUT2D eigenvalue weighted by atomic mass is 10.1. The number of carbonyl (C=O) groups excluding carboxylic acids is 2. The van der Waals surface area contributed by atoms with E-state index < -0.39 is 0 Å². The molecule has 1 saturated heterocycles. The molecule has 1 fully saturated rings. The van der Waals surface area contributed by atoms with Gasteiger partial charge in [-0.05, 0) is 12.8 Å². The van der Waals surface area contributed by atoms with Gasteiger partial charge in [0.25, 0.3) is 0 Å². The average Bonchev–Trinajstić information content (AvgIpc) is 2.43. The number of rotatable bonds is 6. The summed E-state index contributed by atoms with van der Waals surface area (Å²) in [5.74, 6) is 0.685. The van der Waals surface area contributed by atoms with Crippen molar-refractivity contribution in [2.75, 3.05) is 33.7 Å². The Morgan fingerprint density at radius 3 is 2.55 bits per heavy atom. The maximum absolute atomic E-state index is 11.7. The number of nitrogens with one attached hydrogen (secondary N) is 1. The van der Waals surface area contributed by atoms with E-state index in [4.69, 9.17) is 0 Å². The van der Waals surface area contributed by atoms with Crippen LogP contribution in [0.2, 0.25) is 0 Å². The number of unbranched alkanes of at least 4 members (excludes halogenated alkanes) is 1. The van der Waals surface area contributed by atoms with E-state index in [9.17, 15) is 9.59 Å². The molecule has 0 bridgehead atoms. The number of aliphatic imine (C=N–C) groups is 1. The lowest BCUT2D eigenvalue weighted by Crippen LogP contribution is -2.47. The Labute approximate surface area is 121 Å². The standard InChI is InChI=1S/C14H26N4O2/c1-4-5-10-17(3)14(15-2)16-9-11-18-12(19)7-6-8-13(18)20/h4-11H2,1-3H3,(H,15,16). The Hall–Kier alpha value is -1.59. The van der Waals surface area contributed by atoms with Crippen molar-refractivity contribution in [3.05, 3.63) is 0 Å². The number of likely N-dealkylation sites (tertiary alicyclic amines) is 1. The first-order valence-corrected chi connectivity index (χ1v) is 7.35. The third-order valence-corrected chi connectivity index (χ3v) is 3.42. The van der Waals surface area contributed by atoms with E-state index in [1.165, 1.54) is 4.90 Å².